The lowest BCUT2D eigenvalue weighted by Gasteiger charge is -2.32. The Morgan fingerprint density at radius 1 is 1.22 bits per heavy atom. The molecule has 6 nitrogen and oxygen atoms in total. The number of nitrogens with zero attached hydrogens (tertiary/aromatic N) is 3. The van der Waals surface area contributed by atoms with E-state index in [1.165, 1.54) is 12.4 Å². The molecule has 1 aromatic heterocycles. The quantitative estimate of drug-likeness (QED) is 0.936. The van der Waals surface area contributed by atoms with Gasteiger partial charge in [-0.15, -0.1) is 0 Å². The summed E-state index contributed by atoms with van der Waals surface area (Å²) in [7, 11) is 0. The van der Waals surface area contributed by atoms with Crippen molar-refractivity contribution in [2.24, 2.45) is 0 Å². The van der Waals surface area contributed by atoms with Gasteiger partial charge in [-0.1, -0.05) is 18.2 Å². The summed E-state index contributed by atoms with van der Waals surface area (Å²) in [5, 5.41) is 2.77. The van der Waals surface area contributed by atoms with Crippen molar-refractivity contribution in [1.29, 1.82) is 0 Å². The normalized spacial score (nSPS) is 17.9. The van der Waals surface area contributed by atoms with Gasteiger partial charge in [-0.2, -0.15) is 0 Å². The van der Waals surface area contributed by atoms with Crippen LogP contribution in [0.25, 0.3) is 0 Å². The van der Waals surface area contributed by atoms with Gasteiger partial charge in [0, 0.05) is 18.4 Å². The highest BCUT2D eigenvalue weighted by molar-refractivity contribution is 6.02. The number of amides is 2. The summed E-state index contributed by atoms with van der Waals surface area (Å²) in [6.07, 6.45) is 4.43. The molecule has 6 heteroatoms. The summed E-state index contributed by atoms with van der Waals surface area (Å²) in [5.74, 6) is -0.457. The van der Waals surface area contributed by atoms with Crippen LogP contribution < -0.4 is 10.2 Å². The van der Waals surface area contributed by atoms with E-state index < -0.39 is 6.04 Å². The average molecular weight is 310 g/mol. The predicted octanol–water partition coefficient (Wildman–Crippen LogP) is 1.71. The third-order valence-corrected chi connectivity index (χ3v) is 3.83. The molecule has 23 heavy (non-hydrogen) atoms. The lowest BCUT2D eigenvalue weighted by atomic mass is 10.0. The van der Waals surface area contributed by atoms with E-state index in [0.717, 1.165) is 17.8 Å². The summed E-state index contributed by atoms with van der Waals surface area (Å²) in [6, 6.07) is 8.97. The number of carbonyl (C=O) groups excluding carboxylic acids is 2. The number of nitrogens with one attached hydrogen (secondary N) is 1. The number of hydrogen-bond acceptors (Lipinski definition) is 4. The summed E-state index contributed by atoms with van der Waals surface area (Å²) in [6.45, 7) is 2.47. The fourth-order valence-electron chi connectivity index (χ4n) is 2.62. The van der Waals surface area contributed by atoms with Gasteiger partial charge < -0.3 is 10.2 Å². The van der Waals surface area contributed by atoms with Crippen LogP contribution in [0.2, 0.25) is 0 Å². The van der Waals surface area contributed by atoms with Crippen molar-refractivity contribution in [2.75, 3.05) is 11.4 Å². The highest BCUT2D eigenvalue weighted by Gasteiger charge is 2.31. The van der Waals surface area contributed by atoms with Crippen LogP contribution in [0, 0.1) is 6.92 Å². The third kappa shape index (κ3) is 3.36. The molecule has 118 valence electrons. The molecule has 1 aliphatic rings. The first-order chi connectivity index (χ1) is 11.1. The van der Waals surface area contributed by atoms with Crippen LogP contribution in [0.1, 0.15) is 29.0 Å². The zero-order valence-corrected chi connectivity index (χ0v) is 12.9. The molecule has 1 aliphatic heterocycles. The van der Waals surface area contributed by atoms with E-state index in [0.29, 0.717) is 13.0 Å². The molecular formula is C17H18N4O2. The molecule has 0 bridgehead atoms. The van der Waals surface area contributed by atoms with Crippen LogP contribution in [-0.4, -0.2) is 34.4 Å². The van der Waals surface area contributed by atoms with Crippen LogP contribution in [0.15, 0.2) is 42.7 Å². The molecule has 1 N–H and O–H groups in total. The number of rotatable bonds is 3. The van der Waals surface area contributed by atoms with Gasteiger partial charge in [-0.3, -0.25) is 14.6 Å². The molecule has 2 amide bonds. The maximum absolute atomic E-state index is 12.6. The second-order valence-corrected chi connectivity index (χ2v) is 5.54. The van der Waals surface area contributed by atoms with E-state index in [-0.39, 0.29) is 17.5 Å². The van der Waals surface area contributed by atoms with Gasteiger partial charge in [-0.05, 0) is 31.9 Å². The summed E-state index contributed by atoms with van der Waals surface area (Å²) in [5.41, 5.74) is 1.82. The summed E-state index contributed by atoms with van der Waals surface area (Å²) < 4.78 is 0. The van der Waals surface area contributed by atoms with Crippen molar-refractivity contribution in [2.45, 2.75) is 25.8 Å². The topological polar surface area (TPSA) is 75.2 Å². The van der Waals surface area contributed by atoms with Crippen LogP contribution in [-0.2, 0) is 4.79 Å². The van der Waals surface area contributed by atoms with Gasteiger partial charge in [0.15, 0.2) is 0 Å². The van der Waals surface area contributed by atoms with Crippen molar-refractivity contribution in [3.8, 4) is 0 Å². The number of benzene rings is 1. The molecule has 1 unspecified atom stereocenters. The largest absolute Gasteiger partial charge is 0.339 e. The number of aryl methyl sites for hydroxylation is 1. The van der Waals surface area contributed by atoms with E-state index in [4.69, 9.17) is 0 Å². The van der Waals surface area contributed by atoms with Crippen molar-refractivity contribution < 1.29 is 9.59 Å². The Hall–Kier alpha value is -2.76. The van der Waals surface area contributed by atoms with Crippen LogP contribution in [0.4, 0.5) is 5.69 Å². The molecule has 0 saturated carbocycles. The van der Waals surface area contributed by atoms with Crippen molar-refractivity contribution >= 4 is 17.5 Å². The van der Waals surface area contributed by atoms with Crippen LogP contribution in [0.5, 0.6) is 0 Å². The molecule has 1 saturated heterocycles. The van der Waals surface area contributed by atoms with Crippen LogP contribution in [0.3, 0.4) is 0 Å². The molecule has 2 aromatic rings. The second-order valence-electron chi connectivity index (χ2n) is 5.54. The summed E-state index contributed by atoms with van der Waals surface area (Å²) >= 11 is 0. The smallest absolute Gasteiger partial charge is 0.272 e. The number of para-hydroxylation sites is 1. The van der Waals surface area contributed by atoms with E-state index >= 15 is 0 Å². The zero-order valence-electron chi connectivity index (χ0n) is 12.9. The Morgan fingerprint density at radius 3 is 2.70 bits per heavy atom. The molecule has 0 aliphatic carbocycles. The minimum atomic E-state index is -0.528. The van der Waals surface area contributed by atoms with Crippen molar-refractivity contribution in [1.82, 2.24) is 15.3 Å². The Morgan fingerprint density at radius 2 is 2.00 bits per heavy atom. The maximum Gasteiger partial charge on any atom is 0.272 e. The first kappa shape index (κ1) is 15.1. The highest BCUT2D eigenvalue weighted by Crippen LogP contribution is 2.20. The Bertz CT molecular complexity index is 700. The molecule has 1 aromatic carbocycles. The van der Waals surface area contributed by atoms with Gasteiger partial charge in [-0.25, -0.2) is 4.98 Å². The number of carbonyl (C=O) groups is 2. The van der Waals surface area contributed by atoms with E-state index in [1.54, 1.807) is 11.8 Å². The molecule has 1 atom stereocenters. The highest BCUT2D eigenvalue weighted by atomic mass is 16.2. The van der Waals surface area contributed by atoms with Gasteiger partial charge in [0.1, 0.15) is 11.7 Å². The zero-order chi connectivity index (χ0) is 16.2. The van der Waals surface area contributed by atoms with E-state index in [9.17, 15) is 9.59 Å². The first-order valence-corrected chi connectivity index (χ1v) is 7.61. The maximum atomic E-state index is 12.6. The Kier molecular flexibility index (Phi) is 4.32. The van der Waals surface area contributed by atoms with Gasteiger partial charge in [0.05, 0.1) is 11.9 Å². The molecule has 0 radical (unpaired) electrons. The number of piperidine rings is 1. The average Bonchev–Trinajstić information content (AvgIpc) is 2.58. The summed E-state index contributed by atoms with van der Waals surface area (Å²) in [4.78, 5) is 34.7. The molecule has 3 rings (SSSR count). The fourth-order valence-corrected chi connectivity index (χ4v) is 2.62. The molecule has 1 fully saturated rings. The molecular weight excluding hydrogens is 292 g/mol. The number of hydrogen-bond donors (Lipinski definition) is 1. The van der Waals surface area contributed by atoms with E-state index in [2.05, 4.69) is 15.3 Å². The van der Waals surface area contributed by atoms with Gasteiger partial charge in [0.2, 0.25) is 5.91 Å². The Balaban J connectivity index is 1.71. The number of anilines is 1. The lowest BCUT2D eigenvalue weighted by molar-refractivity contribution is -0.121. The first-order valence-electron chi connectivity index (χ1n) is 7.61. The standard InChI is InChI=1S/C17H18N4O2/c1-12-10-19-15(11-18-12)16(22)20-14-8-5-9-21(17(14)23)13-6-3-2-4-7-13/h2-4,6-7,10-11,14H,5,8-9H2,1H3,(H,20,22). The minimum absolute atomic E-state index is 0.0872. The van der Waals surface area contributed by atoms with Crippen LogP contribution >= 0.6 is 0 Å². The number of aromatic nitrogens is 2. The SMILES string of the molecule is Cc1cnc(C(=O)NC2CCCN(c3ccccc3)C2=O)cn1. The lowest BCUT2D eigenvalue weighted by Crippen LogP contribution is -2.52. The molecule has 2 heterocycles. The Labute approximate surface area is 134 Å². The van der Waals surface area contributed by atoms with E-state index in [1.807, 2.05) is 30.3 Å². The molecule has 0 spiro atoms. The predicted molar refractivity (Wildman–Crippen MR) is 86.1 cm³/mol. The fraction of sp³-hybridized carbons (Fsp3) is 0.294. The monoisotopic (exact) mass is 310 g/mol. The van der Waals surface area contributed by atoms with Crippen molar-refractivity contribution in [3.05, 3.63) is 54.1 Å². The van der Waals surface area contributed by atoms with Gasteiger partial charge >= 0.3 is 0 Å². The van der Waals surface area contributed by atoms with Crippen molar-refractivity contribution in [3.63, 3.8) is 0 Å². The second kappa shape index (κ2) is 6.56. The third-order valence-electron chi connectivity index (χ3n) is 3.83. The van der Waals surface area contributed by atoms with Gasteiger partial charge in [0.25, 0.3) is 5.91 Å². The minimum Gasteiger partial charge on any atom is -0.339 e.